The molecular weight excluding hydrogens is 384 g/mol. The van der Waals surface area contributed by atoms with Gasteiger partial charge in [-0.3, -0.25) is 14.5 Å². The van der Waals surface area contributed by atoms with Crippen LogP contribution in [-0.2, 0) is 11.3 Å². The number of benzene rings is 1. The molecule has 0 aliphatic carbocycles. The van der Waals surface area contributed by atoms with Crippen molar-refractivity contribution in [1.82, 2.24) is 20.4 Å². The van der Waals surface area contributed by atoms with E-state index in [2.05, 4.69) is 42.0 Å². The Hall–Kier alpha value is -2.35. The van der Waals surface area contributed by atoms with E-state index >= 15 is 0 Å². The van der Waals surface area contributed by atoms with Crippen molar-refractivity contribution in [1.29, 1.82) is 0 Å². The van der Waals surface area contributed by atoms with Gasteiger partial charge in [0.1, 0.15) is 0 Å². The Labute approximate surface area is 156 Å². The summed E-state index contributed by atoms with van der Waals surface area (Å²) < 4.78 is 2.81. The van der Waals surface area contributed by atoms with Crippen LogP contribution in [0.1, 0.15) is 12.0 Å². The molecule has 1 aromatic heterocycles. The van der Waals surface area contributed by atoms with Crippen LogP contribution in [0, 0.1) is 6.92 Å². The van der Waals surface area contributed by atoms with Crippen LogP contribution in [-0.4, -0.2) is 41.8 Å². The van der Waals surface area contributed by atoms with Gasteiger partial charge in [0.2, 0.25) is 5.91 Å². The summed E-state index contributed by atoms with van der Waals surface area (Å²) in [6.45, 7) is 3.67. The number of nitrogens with zero attached hydrogens (tertiary/aromatic N) is 3. The highest BCUT2D eigenvalue weighted by atomic mass is 79.9. The fraction of sp³-hybridized carbons (Fsp3) is 0.353. The molecule has 8 heteroatoms. The maximum Gasteiger partial charge on any atom is 0.243 e. The van der Waals surface area contributed by atoms with Crippen LogP contribution >= 0.6 is 15.9 Å². The van der Waals surface area contributed by atoms with Gasteiger partial charge < -0.3 is 16.0 Å². The van der Waals surface area contributed by atoms with E-state index in [1.807, 2.05) is 42.1 Å². The van der Waals surface area contributed by atoms with Gasteiger partial charge in [-0.2, -0.15) is 5.10 Å². The molecule has 0 spiro atoms. The second kappa shape index (κ2) is 9.83. The highest BCUT2D eigenvalue weighted by molar-refractivity contribution is 9.10. The fourth-order valence-corrected chi connectivity index (χ4v) is 2.55. The number of anilines is 1. The van der Waals surface area contributed by atoms with E-state index in [0.717, 1.165) is 35.2 Å². The zero-order chi connectivity index (χ0) is 18.1. The number of aliphatic imine (C=N–C) groups is 1. The lowest BCUT2D eigenvalue weighted by molar-refractivity contribution is -0.115. The average molecular weight is 407 g/mol. The van der Waals surface area contributed by atoms with Crippen LogP contribution in [0.25, 0.3) is 0 Å². The Bertz CT molecular complexity index is 714. The SMILES string of the molecule is CN=C(NCCCn1cccn1)NCC(=O)Nc1cc(Br)ccc1C. The number of guanidine groups is 1. The van der Waals surface area contributed by atoms with Crippen LogP contribution in [0.3, 0.4) is 0 Å². The quantitative estimate of drug-likeness (QED) is 0.373. The van der Waals surface area contributed by atoms with E-state index in [1.165, 1.54) is 0 Å². The predicted molar refractivity (Wildman–Crippen MR) is 104 cm³/mol. The summed E-state index contributed by atoms with van der Waals surface area (Å²) in [5.74, 6) is 0.474. The molecule has 0 atom stereocenters. The van der Waals surface area contributed by atoms with Gasteiger partial charge >= 0.3 is 0 Å². The van der Waals surface area contributed by atoms with Crippen molar-refractivity contribution >= 4 is 33.5 Å². The zero-order valence-corrected chi connectivity index (χ0v) is 16.0. The Morgan fingerprint density at radius 1 is 1.36 bits per heavy atom. The van der Waals surface area contributed by atoms with Crippen molar-refractivity contribution in [3.63, 3.8) is 0 Å². The van der Waals surface area contributed by atoms with Gasteiger partial charge in [0, 0.05) is 42.7 Å². The van der Waals surface area contributed by atoms with Crippen LogP contribution in [0.5, 0.6) is 0 Å². The van der Waals surface area contributed by atoms with E-state index < -0.39 is 0 Å². The monoisotopic (exact) mass is 406 g/mol. The van der Waals surface area contributed by atoms with Crippen molar-refractivity contribution < 1.29 is 4.79 Å². The third kappa shape index (κ3) is 6.58. The first-order valence-corrected chi connectivity index (χ1v) is 8.85. The Kier molecular flexibility index (Phi) is 7.46. The number of carbonyl (C=O) groups is 1. The molecule has 1 heterocycles. The molecular formula is C17H23BrN6O. The van der Waals surface area contributed by atoms with E-state index in [-0.39, 0.29) is 12.5 Å². The second-order valence-corrected chi connectivity index (χ2v) is 6.40. The van der Waals surface area contributed by atoms with Gasteiger partial charge in [-0.05, 0) is 37.1 Å². The maximum atomic E-state index is 12.1. The van der Waals surface area contributed by atoms with E-state index in [9.17, 15) is 4.79 Å². The molecule has 0 saturated carbocycles. The predicted octanol–water partition coefficient (Wildman–Crippen LogP) is 2.15. The lowest BCUT2D eigenvalue weighted by Gasteiger charge is -2.13. The Morgan fingerprint density at radius 3 is 2.92 bits per heavy atom. The minimum atomic E-state index is -0.124. The summed E-state index contributed by atoms with van der Waals surface area (Å²) in [4.78, 5) is 16.2. The summed E-state index contributed by atoms with van der Waals surface area (Å²) in [5, 5.41) is 13.2. The summed E-state index contributed by atoms with van der Waals surface area (Å²) in [5.41, 5.74) is 1.81. The number of amides is 1. The molecule has 25 heavy (non-hydrogen) atoms. The number of hydrogen-bond acceptors (Lipinski definition) is 3. The minimum absolute atomic E-state index is 0.124. The molecule has 2 aromatic rings. The standard InChI is InChI=1S/C17H23BrN6O/c1-13-5-6-14(18)11-15(13)23-16(25)12-21-17(19-2)20-7-3-9-24-10-4-8-22-24/h4-6,8,10-11H,3,7,9,12H2,1-2H3,(H,23,25)(H2,19,20,21). The lowest BCUT2D eigenvalue weighted by Crippen LogP contribution is -2.41. The summed E-state index contributed by atoms with van der Waals surface area (Å²) in [6, 6.07) is 7.68. The fourth-order valence-electron chi connectivity index (χ4n) is 2.19. The number of halogens is 1. The van der Waals surface area contributed by atoms with Crippen molar-refractivity contribution in [3.05, 3.63) is 46.7 Å². The smallest absolute Gasteiger partial charge is 0.243 e. The number of hydrogen-bond donors (Lipinski definition) is 3. The summed E-state index contributed by atoms with van der Waals surface area (Å²) in [7, 11) is 1.68. The van der Waals surface area contributed by atoms with Crippen LogP contribution in [0.15, 0.2) is 46.1 Å². The molecule has 0 fully saturated rings. The van der Waals surface area contributed by atoms with Gasteiger partial charge in [0.15, 0.2) is 5.96 Å². The lowest BCUT2D eigenvalue weighted by atomic mass is 10.2. The zero-order valence-electron chi connectivity index (χ0n) is 14.4. The van der Waals surface area contributed by atoms with E-state index in [4.69, 9.17) is 0 Å². The molecule has 134 valence electrons. The van der Waals surface area contributed by atoms with Gasteiger partial charge in [-0.15, -0.1) is 0 Å². The normalized spacial score (nSPS) is 11.2. The molecule has 0 radical (unpaired) electrons. The van der Waals surface area contributed by atoms with E-state index in [0.29, 0.717) is 5.96 Å². The van der Waals surface area contributed by atoms with Crippen LogP contribution in [0.2, 0.25) is 0 Å². The number of carbonyl (C=O) groups excluding carboxylic acids is 1. The van der Waals surface area contributed by atoms with Crippen LogP contribution in [0.4, 0.5) is 5.69 Å². The van der Waals surface area contributed by atoms with E-state index in [1.54, 1.807) is 13.2 Å². The number of aryl methyl sites for hydroxylation is 2. The van der Waals surface area contributed by atoms with Gasteiger partial charge in [-0.1, -0.05) is 22.0 Å². The van der Waals surface area contributed by atoms with Crippen molar-refractivity contribution in [2.45, 2.75) is 19.9 Å². The minimum Gasteiger partial charge on any atom is -0.356 e. The molecule has 2 rings (SSSR count). The molecule has 0 unspecified atom stereocenters. The van der Waals surface area contributed by atoms with Gasteiger partial charge in [0.05, 0.1) is 6.54 Å². The molecule has 1 aromatic carbocycles. The second-order valence-electron chi connectivity index (χ2n) is 5.48. The molecule has 0 bridgehead atoms. The van der Waals surface area contributed by atoms with Crippen molar-refractivity contribution in [3.8, 4) is 0 Å². The maximum absolute atomic E-state index is 12.1. The van der Waals surface area contributed by atoms with Crippen LogP contribution < -0.4 is 16.0 Å². The van der Waals surface area contributed by atoms with Gasteiger partial charge in [-0.25, -0.2) is 0 Å². The summed E-state index contributed by atoms with van der Waals surface area (Å²) in [6.07, 6.45) is 4.60. The molecule has 7 nitrogen and oxygen atoms in total. The third-order valence-corrected chi connectivity index (χ3v) is 4.02. The highest BCUT2D eigenvalue weighted by Crippen LogP contribution is 2.20. The third-order valence-electron chi connectivity index (χ3n) is 3.53. The number of rotatable bonds is 7. The number of nitrogens with one attached hydrogen (secondary N) is 3. The molecule has 1 amide bonds. The summed E-state index contributed by atoms with van der Waals surface area (Å²) >= 11 is 3.41. The van der Waals surface area contributed by atoms with Gasteiger partial charge in [0.25, 0.3) is 0 Å². The largest absolute Gasteiger partial charge is 0.356 e. The Morgan fingerprint density at radius 2 is 2.20 bits per heavy atom. The van der Waals surface area contributed by atoms with Crippen molar-refractivity contribution in [2.75, 3.05) is 25.5 Å². The Balaban J connectivity index is 1.70. The average Bonchev–Trinajstić information content (AvgIpc) is 3.11. The first-order chi connectivity index (χ1) is 12.1. The molecule has 0 aliphatic heterocycles. The first kappa shape index (κ1) is 19.0. The molecule has 0 saturated heterocycles. The molecule has 0 aliphatic rings. The highest BCUT2D eigenvalue weighted by Gasteiger charge is 2.06. The first-order valence-electron chi connectivity index (χ1n) is 8.06. The molecule has 3 N–H and O–H groups in total. The number of aromatic nitrogens is 2. The van der Waals surface area contributed by atoms with Crippen molar-refractivity contribution in [2.24, 2.45) is 4.99 Å². The topological polar surface area (TPSA) is 83.3 Å².